The minimum absolute atomic E-state index is 0.00540. The molecule has 0 spiro atoms. The third kappa shape index (κ3) is 34.6. The Bertz CT molecular complexity index is 802. The molecular formula is C43H82N2O5. The van der Waals surface area contributed by atoms with Gasteiger partial charge in [0.1, 0.15) is 12.1 Å². The fourth-order valence-corrected chi connectivity index (χ4v) is 6.56. The SMILES string of the molecule is CCCCCCCCCC/C=C\CCCCCC(CCCCCCCC(=O)NC(CCCN)C(=O)O)OC(=O)CCCCCCCCCCC. The highest BCUT2D eigenvalue weighted by atomic mass is 16.5. The molecule has 0 heterocycles. The van der Waals surface area contributed by atoms with Crippen molar-refractivity contribution in [3.8, 4) is 0 Å². The van der Waals surface area contributed by atoms with Crippen LogP contribution in [0.25, 0.3) is 0 Å². The summed E-state index contributed by atoms with van der Waals surface area (Å²) in [4.78, 5) is 36.3. The number of rotatable bonds is 39. The average Bonchev–Trinajstić information content (AvgIpc) is 3.10. The molecule has 0 rings (SSSR count). The van der Waals surface area contributed by atoms with Crippen molar-refractivity contribution in [2.75, 3.05) is 6.54 Å². The molecule has 4 N–H and O–H groups in total. The van der Waals surface area contributed by atoms with E-state index in [1.807, 2.05) is 0 Å². The summed E-state index contributed by atoms with van der Waals surface area (Å²) in [7, 11) is 0. The molecule has 0 aliphatic rings. The zero-order chi connectivity index (χ0) is 36.8. The lowest BCUT2D eigenvalue weighted by atomic mass is 10.0. The third-order valence-electron chi connectivity index (χ3n) is 9.83. The molecule has 7 nitrogen and oxygen atoms in total. The monoisotopic (exact) mass is 707 g/mol. The predicted molar refractivity (Wildman–Crippen MR) is 211 cm³/mol. The minimum Gasteiger partial charge on any atom is -0.480 e. The maximum atomic E-state index is 12.7. The van der Waals surface area contributed by atoms with Crippen LogP contribution in [0, 0.1) is 0 Å². The summed E-state index contributed by atoms with van der Waals surface area (Å²) in [5.74, 6) is -1.23. The van der Waals surface area contributed by atoms with E-state index in [1.54, 1.807) is 0 Å². The Balaban J connectivity index is 4.32. The zero-order valence-electron chi connectivity index (χ0n) is 33.0. The zero-order valence-corrected chi connectivity index (χ0v) is 33.0. The van der Waals surface area contributed by atoms with Crippen molar-refractivity contribution in [1.82, 2.24) is 5.32 Å². The van der Waals surface area contributed by atoms with Gasteiger partial charge in [0.15, 0.2) is 0 Å². The van der Waals surface area contributed by atoms with Gasteiger partial charge in [-0.25, -0.2) is 4.79 Å². The quantitative estimate of drug-likeness (QED) is 0.0332. The summed E-state index contributed by atoms with van der Waals surface area (Å²) >= 11 is 0. The van der Waals surface area contributed by atoms with E-state index in [2.05, 4.69) is 31.3 Å². The van der Waals surface area contributed by atoms with Crippen molar-refractivity contribution >= 4 is 17.8 Å². The maximum Gasteiger partial charge on any atom is 0.326 e. The smallest absolute Gasteiger partial charge is 0.326 e. The van der Waals surface area contributed by atoms with E-state index >= 15 is 0 Å². The number of allylic oxidation sites excluding steroid dienone is 2. The van der Waals surface area contributed by atoms with Gasteiger partial charge in [0.25, 0.3) is 0 Å². The Morgan fingerprint density at radius 1 is 0.560 bits per heavy atom. The highest BCUT2D eigenvalue weighted by molar-refractivity contribution is 5.83. The van der Waals surface area contributed by atoms with E-state index in [0.717, 1.165) is 70.6 Å². The molecule has 1 amide bonds. The molecule has 2 unspecified atom stereocenters. The first-order valence-electron chi connectivity index (χ1n) is 21.5. The van der Waals surface area contributed by atoms with Gasteiger partial charge in [-0.15, -0.1) is 0 Å². The van der Waals surface area contributed by atoms with Crippen LogP contribution < -0.4 is 11.1 Å². The lowest BCUT2D eigenvalue weighted by Crippen LogP contribution is -2.40. The number of unbranched alkanes of at least 4 members (excludes halogenated alkanes) is 23. The second kappa shape index (κ2) is 38.3. The number of hydrogen-bond donors (Lipinski definition) is 3. The number of carboxylic acid groups (broad SMARTS) is 1. The Hall–Kier alpha value is -1.89. The van der Waals surface area contributed by atoms with Gasteiger partial charge in [-0.2, -0.15) is 0 Å². The average molecular weight is 707 g/mol. The lowest BCUT2D eigenvalue weighted by molar-refractivity contribution is -0.150. The molecule has 0 bridgehead atoms. The van der Waals surface area contributed by atoms with E-state index < -0.39 is 12.0 Å². The first-order chi connectivity index (χ1) is 24.4. The van der Waals surface area contributed by atoms with Crippen LogP contribution in [0.2, 0.25) is 0 Å². The van der Waals surface area contributed by atoms with Crippen LogP contribution in [0.1, 0.15) is 226 Å². The van der Waals surface area contributed by atoms with Crippen molar-refractivity contribution in [3.05, 3.63) is 12.2 Å². The molecule has 294 valence electrons. The van der Waals surface area contributed by atoms with E-state index in [-0.39, 0.29) is 18.0 Å². The number of aliphatic carboxylic acids is 1. The van der Waals surface area contributed by atoms with Crippen molar-refractivity contribution in [1.29, 1.82) is 0 Å². The van der Waals surface area contributed by atoms with E-state index in [1.165, 1.54) is 116 Å². The second-order valence-corrected chi connectivity index (χ2v) is 14.8. The summed E-state index contributed by atoms with van der Waals surface area (Å²) in [6, 6.07) is -0.855. The fraction of sp³-hybridized carbons (Fsp3) is 0.884. The van der Waals surface area contributed by atoms with Gasteiger partial charge in [-0.1, -0.05) is 148 Å². The minimum atomic E-state index is -1.00. The first kappa shape index (κ1) is 48.1. The Morgan fingerprint density at radius 2 is 0.980 bits per heavy atom. The second-order valence-electron chi connectivity index (χ2n) is 14.8. The van der Waals surface area contributed by atoms with Gasteiger partial charge in [0.2, 0.25) is 5.91 Å². The molecule has 0 aliphatic carbocycles. The Labute approximate surface area is 309 Å². The summed E-state index contributed by atoms with van der Waals surface area (Å²) < 4.78 is 6.02. The van der Waals surface area contributed by atoms with E-state index in [0.29, 0.717) is 32.2 Å². The van der Waals surface area contributed by atoms with Gasteiger partial charge in [0.05, 0.1) is 0 Å². The molecule has 0 aromatic rings. The summed E-state index contributed by atoms with van der Waals surface area (Å²) in [6.45, 7) is 4.94. The number of nitrogens with one attached hydrogen (secondary N) is 1. The summed E-state index contributed by atoms with van der Waals surface area (Å²) in [5.41, 5.74) is 5.48. The molecular weight excluding hydrogens is 624 g/mol. The standard InChI is InChI=1S/C43H82N2O5/c1-3-5-7-9-11-13-14-15-16-17-18-20-21-24-28-33-39(50-42(47)37-31-27-22-19-12-10-8-6-4-2)34-29-25-23-26-30-36-41(46)45-40(43(48)49)35-32-38-44/h17-18,39-40H,3-16,19-38,44H2,1-2H3,(H,45,46)(H,48,49)/b18-17-. The van der Waals surface area contributed by atoms with Crippen molar-refractivity contribution in [3.63, 3.8) is 0 Å². The largest absolute Gasteiger partial charge is 0.480 e. The number of carbonyl (C=O) groups excluding carboxylic acids is 2. The molecule has 7 heteroatoms. The normalized spacial score (nSPS) is 12.7. The lowest BCUT2D eigenvalue weighted by Gasteiger charge is -2.18. The van der Waals surface area contributed by atoms with Crippen LogP contribution >= 0.6 is 0 Å². The maximum absolute atomic E-state index is 12.7. The molecule has 0 radical (unpaired) electrons. The molecule has 0 saturated carbocycles. The third-order valence-corrected chi connectivity index (χ3v) is 9.83. The molecule has 0 aliphatic heterocycles. The summed E-state index contributed by atoms with van der Waals surface area (Å²) in [5, 5.41) is 11.9. The van der Waals surface area contributed by atoms with Gasteiger partial charge < -0.3 is 20.9 Å². The molecule has 0 fully saturated rings. The topological polar surface area (TPSA) is 119 Å². The van der Waals surface area contributed by atoms with Crippen LogP contribution in [0.5, 0.6) is 0 Å². The van der Waals surface area contributed by atoms with Gasteiger partial charge >= 0.3 is 11.9 Å². The number of ether oxygens (including phenoxy) is 1. The molecule has 2 atom stereocenters. The Morgan fingerprint density at radius 3 is 1.46 bits per heavy atom. The highest BCUT2D eigenvalue weighted by Crippen LogP contribution is 2.19. The number of esters is 1. The van der Waals surface area contributed by atoms with Gasteiger partial charge in [0, 0.05) is 12.8 Å². The molecule has 50 heavy (non-hydrogen) atoms. The van der Waals surface area contributed by atoms with Crippen molar-refractivity contribution in [2.24, 2.45) is 5.73 Å². The van der Waals surface area contributed by atoms with Crippen LogP contribution in [0.4, 0.5) is 0 Å². The Kier molecular flexibility index (Phi) is 36.9. The molecule has 0 saturated heterocycles. The predicted octanol–water partition coefficient (Wildman–Crippen LogP) is 11.9. The van der Waals surface area contributed by atoms with Crippen LogP contribution in [-0.2, 0) is 19.1 Å². The van der Waals surface area contributed by atoms with Crippen molar-refractivity contribution < 1.29 is 24.2 Å². The molecule has 0 aromatic carbocycles. The summed E-state index contributed by atoms with van der Waals surface area (Å²) in [6.07, 6.45) is 41.1. The first-order valence-corrected chi connectivity index (χ1v) is 21.5. The molecule has 0 aromatic heterocycles. The van der Waals surface area contributed by atoms with Crippen LogP contribution in [0.3, 0.4) is 0 Å². The fourth-order valence-electron chi connectivity index (χ4n) is 6.56. The number of nitrogens with two attached hydrogens (primary N) is 1. The number of hydrogen-bond acceptors (Lipinski definition) is 5. The van der Waals surface area contributed by atoms with Crippen LogP contribution in [-0.4, -0.2) is 41.6 Å². The highest BCUT2D eigenvalue weighted by Gasteiger charge is 2.19. The number of amides is 1. The van der Waals surface area contributed by atoms with E-state index in [4.69, 9.17) is 10.5 Å². The van der Waals surface area contributed by atoms with E-state index in [9.17, 15) is 19.5 Å². The van der Waals surface area contributed by atoms with Gasteiger partial charge in [-0.3, -0.25) is 9.59 Å². The number of carboxylic acids is 1. The van der Waals surface area contributed by atoms with Gasteiger partial charge in [-0.05, 0) is 83.6 Å². The number of carbonyl (C=O) groups is 3. The van der Waals surface area contributed by atoms with Crippen molar-refractivity contribution in [2.45, 2.75) is 238 Å². The van der Waals surface area contributed by atoms with Crippen LogP contribution in [0.15, 0.2) is 12.2 Å².